The lowest BCUT2D eigenvalue weighted by molar-refractivity contribution is -0.0323. The standard InChI is InChI=1S/C24H48N2O/c1-6-8-22(5)27-24-13-11-23(12-14-24)10-9-20(3)19-25-15-17-26(18-16-25)21(4)7-2/h20-24H,6-19H2,1-5H3/t20-,21?,22?,23-,24-/m0/s1. The van der Waals surface area contributed by atoms with Crippen LogP contribution in [0, 0.1) is 11.8 Å². The fourth-order valence-corrected chi connectivity index (χ4v) is 5.06. The number of rotatable bonds is 11. The number of ether oxygens (including phenoxy) is 1. The van der Waals surface area contributed by atoms with Crippen molar-refractivity contribution in [3.63, 3.8) is 0 Å². The maximum atomic E-state index is 6.23. The predicted octanol–water partition coefficient (Wildman–Crippen LogP) is 5.58. The highest BCUT2D eigenvalue weighted by molar-refractivity contribution is 4.78. The fraction of sp³-hybridized carbons (Fsp3) is 1.00. The SMILES string of the molecule is CCCC(C)O[C@H]1CC[C@H](CC[C@H](C)CN2CCN(C(C)CC)CC2)CC1. The molecule has 1 saturated carbocycles. The molecule has 3 heteroatoms. The molecule has 1 aliphatic carbocycles. The summed E-state index contributed by atoms with van der Waals surface area (Å²) < 4.78 is 6.23. The summed E-state index contributed by atoms with van der Waals surface area (Å²) in [5.41, 5.74) is 0. The van der Waals surface area contributed by atoms with Crippen molar-refractivity contribution in [2.75, 3.05) is 32.7 Å². The smallest absolute Gasteiger partial charge is 0.0579 e. The Kier molecular flexibility index (Phi) is 10.7. The first-order valence-corrected chi connectivity index (χ1v) is 12.1. The number of hydrogen-bond donors (Lipinski definition) is 0. The first-order chi connectivity index (χ1) is 13.0. The minimum absolute atomic E-state index is 0.456. The van der Waals surface area contributed by atoms with E-state index in [1.54, 1.807) is 0 Å². The molecule has 0 bridgehead atoms. The summed E-state index contributed by atoms with van der Waals surface area (Å²) in [4.78, 5) is 5.38. The van der Waals surface area contributed by atoms with E-state index in [4.69, 9.17) is 4.74 Å². The van der Waals surface area contributed by atoms with Gasteiger partial charge in [-0.25, -0.2) is 0 Å². The maximum Gasteiger partial charge on any atom is 0.0579 e. The topological polar surface area (TPSA) is 15.7 Å². The third-order valence-corrected chi connectivity index (χ3v) is 7.17. The molecule has 160 valence electrons. The van der Waals surface area contributed by atoms with Gasteiger partial charge in [0, 0.05) is 38.8 Å². The average Bonchev–Trinajstić information content (AvgIpc) is 2.67. The molecule has 2 unspecified atom stereocenters. The van der Waals surface area contributed by atoms with Crippen molar-refractivity contribution in [2.24, 2.45) is 11.8 Å². The van der Waals surface area contributed by atoms with Crippen LogP contribution in [0.15, 0.2) is 0 Å². The molecule has 1 heterocycles. The van der Waals surface area contributed by atoms with E-state index in [0.29, 0.717) is 12.2 Å². The van der Waals surface area contributed by atoms with Gasteiger partial charge >= 0.3 is 0 Å². The van der Waals surface area contributed by atoms with Gasteiger partial charge in [0.05, 0.1) is 12.2 Å². The Balaban J connectivity index is 1.56. The van der Waals surface area contributed by atoms with Crippen molar-refractivity contribution in [3.05, 3.63) is 0 Å². The average molecular weight is 381 g/mol. The van der Waals surface area contributed by atoms with Gasteiger partial charge in [-0.1, -0.05) is 33.6 Å². The van der Waals surface area contributed by atoms with Gasteiger partial charge < -0.3 is 9.64 Å². The van der Waals surface area contributed by atoms with Gasteiger partial charge in [0.1, 0.15) is 0 Å². The molecular formula is C24H48N2O. The largest absolute Gasteiger partial charge is 0.375 e. The monoisotopic (exact) mass is 380 g/mol. The van der Waals surface area contributed by atoms with Crippen molar-refractivity contribution >= 4 is 0 Å². The third kappa shape index (κ3) is 8.41. The van der Waals surface area contributed by atoms with Crippen molar-refractivity contribution in [2.45, 2.75) is 111 Å². The van der Waals surface area contributed by atoms with Gasteiger partial charge in [0.25, 0.3) is 0 Å². The summed E-state index contributed by atoms with van der Waals surface area (Å²) >= 11 is 0. The molecule has 0 aromatic heterocycles. The van der Waals surface area contributed by atoms with Crippen molar-refractivity contribution in [1.29, 1.82) is 0 Å². The van der Waals surface area contributed by atoms with Crippen LogP contribution in [0.4, 0.5) is 0 Å². The van der Waals surface area contributed by atoms with E-state index in [1.165, 1.54) is 90.5 Å². The Bertz CT molecular complexity index is 373. The molecule has 0 N–H and O–H groups in total. The highest BCUT2D eigenvalue weighted by Crippen LogP contribution is 2.31. The second-order valence-corrected chi connectivity index (χ2v) is 9.65. The van der Waals surface area contributed by atoms with Crippen LogP contribution in [0.25, 0.3) is 0 Å². The summed E-state index contributed by atoms with van der Waals surface area (Å²) in [6.45, 7) is 18.0. The van der Waals surface area contributed by atoms with E-state index in [2.05, 4.69) is 44.4 Å². The minimum Gasteiger partial charge on any atom is -0.375 e. The van der Waals surface area contributed by atoms with E-state index in [9.17, 15) is 0 Å². The normalized spacial score (nSPS) is 28.8. The highest BCUT2D eigenvalue weighted by atomic mass is 16.5. The van der Waals surface area contributed by atoms with Crippen molar-refractivity contribution < 1.29 is 4.74 Å². The molecular weight excluding hydrogens is 332 g/mol. The Morgan fingerprint density at radius 1 is 0.889 bits per heavy atom. The fourth-order valence-electron chi connectivity index (χ4n) is 5.06. The van der Waals surface area contributed by atoms with Crippen LogP contribution in [-0.4, -0.2) is 60.8 Å². The Morgan fingerprint density at radius 3 is 2.15 bits per heavy atom. The van der Waals surface area contributed by atoms with E-state index in [1.807, 2.05) is 0 Å². The molecule has 1 saturated heterocycles. The molecule has 27 heavy (non-hydrogen) atoms. The summed E-state index contributed by atoms with van der Waals surface area (Å²) in [7, 11) is 0. The zero-order valence-corrected chi connectivity index (χ0v) is 19.1. The van der Waals surface area contributed by atoms with Crippen LogP contribution in [0.2, 0.25) is 0 Å². The van der Waals surface area contributed by atoms with E-state index in [-0.39, 0.29) is 0 Å². The van der Waals surface area contributed by atoms with Crippen LogP contribution >= 0.6 is 0 Å². The second kappa shape index (κ2) is 12.4. The van der Waals surface area contributed by atoms with Gasteiger partial charge in [-0.2, -0.15) is 0 Å². The molecule has 1 aliphatic heterocycles. The summed E-state index contributed by atoms with van der Waals surface area (Å²) in [5, 5.41) is 0. The summed E-state index contributed by atoms with van der Waals surface area (Å²) in [6, 6.07) is 0.758. The number of hydrogen-bond acceptors (Lipinski definition) is 3. The summed E-state index contributed by atoms with van der Waals surface area (Å²) in [6.07, 6.45) is 13.0. The predicted molar refractivity (Wildman–Crippen MR) is 117 cm³/mol. The van der Waals surface area contributed by atoms with Crippen LogP contribution in [0.3, 0.4) is 0 Å². The van der Waals surface area contributed by atoms with E-state index in [0.717, 1.165) is 17.9 Å². The molecule has 2 fully saturated rings. The van der Waals surface area contributed by atoms with Gasteiger partial charge in [-0.3, -0.25) is 4.90 Å². The highest BCUT2D eigenvalue weighted by Gasteiger charge is 2.24. The van der Waals surface area contributed by atoms with Crippen LogP contribution in [0.1, 0.15) is 92.4 Å². The quantitative estimate of drug-likeness (QED) is 0.465. The lowest BCUT2D eigenvalue weighted by atomic mass is 9.83. The van der Waals surface area contributed by atoms with E-state index < -0.39 is 0 Å². The van der Waals surface area contributed by atoms with Gasteiger partial charge in [0.15, 0.2) is 0 Å². The van der Waals surface area contributed by atoms with E-state index >= 15 is 0 Å². The summed E-state index contributed by atoms with van der Waals surface area (Å²) in [5.74, 6) is 1.80. The number of piperazine rings is 1. The van der Waals surface area contributed by atoms with Crippen LogP contribution < -0.4 is 0 Å². The molecule has 3 nitrogen and oxygen atoms in total. The van der Waals surface area contributed by atoms with Gasteiger partial charge in [-0.05, 0) is 70.6 Å². The first kappa shape index (κ1) is 23.2. The van der Waals surface area contributed by atoms with Gasteiger partial charge in [0.2, 0.25) is 0 Å². The molecule has 2 rings (SSSR count). The maximum absolute atomic E-state index is 6.23. The Hall–Kier alpha value is -0.120. The molecule has 3 atom stereocenters. The molecule has 0 aromatic rings. The zero-order chi connectivity index (χ0) is 19.6. The van der Waals surface area contributed by atoms with Gasteiger partial charge in [-0.15, -0.1) is 0 Å². The van der Waals surface area contributed by atoms with Crippen molar-refractivity contribution in [3.8, 4) is 0 Å². The lowest BCUT2D eigenvalue weighted by Gasteiger charge is -2.39. The third-order valence-electron chi connectivity index (χ3n) is 7.17. The van der Waals surface area contributed by atoms with Crippen LogP contribution in [-0.2, 0) is 4.74 Å². The zero-order valence-electron chi connectivity index (χ0n) is 19.1. The molecule has 0 radical (unpaired) electrons. The Morgan fingerprint density at radius 2 is 1.56 bits per heavy atom. The number of nitrogens with zero attached hydrogens (tertiary/aromatic N) is 2. The molecule has 0 amide bonds. The van der Waals surface area contributed by atoms with Crippen LogP contribution in [0.5, 0.6) is 0 Å². The molecule has 0 aromatic carbocycles. The second-order valence-electron chi connectivity index (χ2n) is 9.65. The van der Waals surface area contributed by atoms with Crippen molar-refractivity contribution in [1.82, 2.24) is 9.80 Å². The lowest BCUT2D eigenvalue weighted by Crippen LogP contribution is -2.50. The Labute approximate surface area is 170 Å². The molecule has 2 aliphatic rings. The molecule has 0 spiro atoms. The minimum atomic E-state index is 0.456. The first-order valence-electron chi connectivity index (χ1n) is 12.1.